The third-order valence-electron chi connectivity index (χ3n) is 4.97. The molecule has 0 unspecified atom stereocenters. The number of thiazole rings is 1. The zero-order chi connectivity index (χ0) is 18.4. The van der Waals surface area contributed by atoms with Crippen LogP contribution in [0.5, 0.6) is 0 Å². The van der Waals surface area contributed by atoms with Crippen LogP contribution in [0.4, 0.5) is 10.8 Å². The number of hydrogen-bond acceptors (Lipinski definition) is 6. The zero-order valence-electron chi connectivity index (χ0n) is 14.6. The predicted octanol–water partition coefficient (Wildman–Crippen LogP) is 5.01. The standard InChI is InChI=1S/C20H18N4OS2/c21-16-12-10-11-6-2-1-3-7-13(11)22-19(12)27-17(16)18(25)24-20-23-14-8-4-5-9-15(14)26-20/h4-5,8-10H,1-3,6-7,21H2,(H,23,24,25). The molecule has 1 aliphatic carbocycles. The Morgan fingerprint density at radius 1 is 1.07 bits per heavy atom. The molecule has 1 aromatic carbocycles. The van der Waals surface area contributed by atoms with Gasteiger partial charge in [0.25, 0.3) is 5.91 Å². The summed E-state index contributed by atoms with van der Waals surface area (Å²) in [6.07, 6.45) is 5.67. The molecule has 5 nitrogen and oxygen atoms in total. The van der Waals surface area contributed by atoms with E-state index < -0.39 is 0 Å². The molecule has 0 saturated heterocycles. The molecule has 3 N–H and O–H groups in total. The first-order valence-electron chi connectivity index (χ1n) is 9.07. The number of nitrogens with zero attached hydrogens (tertiary/aromatic N) is 2. The predicted molar refractivity (Wildman–Crippen MR) is 113 cm³/mol. The summed E-state index contributed by atoms with van der Waals surface area (Å²) in [4.78, 5) is 23.5. The van der Waals surface area contributed by atoms with Gasteiger partial charge in [0.15, 0.2) is 5.13 Å². The molecule has 0 fully saturated rings. The molecule has 3 aromatic heterocycles. The van der Waals surface area contributed by atoms with Gasteiger partial charge in [-0.3, -0.25) is 10.1 Å². The van der Waals surface area contributed by atoms with Crippen molar-refractivity contribution in [2.75, 3.05) is 11.1 Å². The summed E-state index contributed by atoms with van der Waals surface area (Å²) in [5, 5.41) is 4.38. The summed E-state index contributed by atoms with van der Waals surface area (Å²) in [5.41, 5.74) is 10.2. The van der Waals surface area contributed by atoms with Crippen LogP contribution in [0.2, 0.25) is 0 Å². The Labute approximate surface area is 164 Å². The van der Waals surface area contributed by atoms with E-state index in [1.807, 2.05) is 24.3 Å². The molecule has 27 heavy (non-hydrogen) atoms. The van der Waals surface area contributed by atoms with Gasteiger partial charge in [-0.05, 0) is 49.4 Å². The molecule has 0 radical (unpaired) electrons. The van der Waals surface area contributed by atoms with Gasteiger partial charge in [-0.15, -0.1) is 11.3 Å². The van der Waals surface area contributed by atoms with Crippen LogP contribution in [0.15, 0.2) is 30.3 Å². The van der Waals surface area contributed by atoms with Crippen LogP contribution in [0.25, 0.3) is 20.4 Å². The maximum absolute atomic E-state index is 12.8. The molecule has 136 valence electrons. The smallest absolute Gasteiger partial charge is 0.269 e. The summed E-state index contributed by atoms with van der Waals surface area (Å²) in [6.45, 7) is 0. The molecule has 0 saturated carbocycles. The lowest BCUT2D eigenvalue weighted by Crippen LogP contribution is -2.11. The highest BCUT2D eigenvalue weighted by Gasteiger charge is 2.21. The van der Waals surface area contributed by atoms with Gasteiger partial charge in [-0.2, -0.15) is 0 Å². The second-order valence-corrected chi connectivity index (χ2v) is 8.82. The highest BCUT2D eigenvalue weighted by molar-refractivity contribution is 7.23. The number of carbonyl (C=O) groups is 1. The van der Waals surface area contributed by atoms with E-state index in [2.05, 4.69) is 16.4 Å². The van der Waals surface area contributed by atoms with E-state index in [-0.39, 0.29) is 5.91 Å². The summed E-state index contributed by atoms with van der Waals surface area (Å²) >= 11 is 2.83. The molecule has 3 heterocycles. The Bertz CT molecular complexity index is 1140. The van der Waals surface area contributed by atoms with Crippen molar-refractivity contribution in [1.82, 2.24) is 9.97 Å². The monoisotopic (exact) mass is 394 g/mol. The van der Waals surface area contributed by atoms with Gasteiger partial charge in [-0.1, -0.05) is 29.9 Å². The third-order valence-corrected chi connectivity index (χ3v) is 7.04. The summed E-state index contributed by atoms with van der Waals surface area (Å²) < 4.78 is 1.04. The Morgan fingerprint density at radius 2 is 1.93 bits per heavy atom. The van der Waals surface area contributed by atoms with Crippen molar-refractivity contribution in [3.05, 3.63) is 46.5 Å². The third kappa shape index (κ3) is 2.96. The average Bonchev–Trinajstić information content (AvgIpc) is 3.12. The largest absolute Gasteiger partial charge is 0.397 e. The van der Waals surface area contributed by atoms with Crippen molar-refractivity contribution < 1.29 is 4.79 Å². The first-order chi connectivity index (χ1) is 13.2. The molecule has 0 atom stereocenters. The Balaban J connectivity index is 1.50. The number of fused-ring (bicyclic) bond motifs is 3. The topological polar surface area (TPSA) is 80.9 Å². The average molecular weight is 395 g/mol. The molecule has 7 heteroatoms. The van der Waals surface area contributed by atoms with Gasteiger partial charge in [0.1, 0.15) is 9.71 Å². The molecule has 4 aromatic rings. The lowest BCUT2D eigenvalue weighted by Gasteiger charge is -2.04. The molecule has 0 bridgehead atoms. The van der Waals surface area contributed by atoms with Gasteiger partial charge in [0, 0.05) is 11.1 Å². The summed E-state index contributed by atoms with van der Waals surface area (Å²) in [6, 6.07) is 9.97. The molecule has 0 aliphatic heterocycles. The second kappa shape index (κ2) is 6.58. The second-order valence-electron chi connectivity index (χ2n) is 6.79. The first kappa shape index (κ1) is 16.6. The molecule has 1 aliphatic rings. The van der Waals surface area contributed by atoms with E-state index in [1.165, 1.54) is 53.2 Å². The molecular weight excluding hydrogens is 376 g/mol. The highest BCUT2D eigenvalue weighted by atomic mass is 32.1. The van der Waals surface area contributed by atoms with Gasteiger partial charge < -0.3 is 5.73 Å². The number of rotatable bonds is 2. The van der Waals surface area contributed by atoms with Crippen LogP contribution in [0.3, 0.4) is 0 Å². The number of nitrogen functional groups attached to an aromatic ring is 1. The summed E-state index contributed by atoms with van der Waals surface area (Å²) in [5.74, 6) is -0.218. The number of hydrogen-bond donors (Lipinski definition) is 2. The van der Waals surface area contributed by atoms with E-state index in [0.717, 1.165) is 33.3 Å². The van der Waals surface area contributed by atoms with Crippen molar-refractivity contribution in [3.8, 4) is 0 Å². The highest BCUT2D eigenvalue weighted by Crippen LogP contribution is 2.36. The van der Waals surface area contributed by atoms with Crippen molar-refractivity contribution in [3.63, 3.8) is 0 Å². The number of pyridine rings is 1. The van der Waals surface area contributed by atoms with Gasteiger partial charge in [0.05, 0.1) is 15.9 Å². The van der Waals surface area contributed by atoms with Crippen LogP contribution in [-0.4, -0.2) is 15.9 Å². The number of para-hydroxylation sites is 1. The zero-order valence-corrected chi connectivity index (χ0v) is 16.3. The Morgan fingerprint density at radius 3 is 2.81 bits per heavy atom. The van der Waals surface area contributed by atoms with E-state index in [0.29, 0.717) is 15.7 Å². The molecule has 0 spiro atoms. The number of aromatic nitrogens is 2. The SMILES string of the molecule is Nc1c(C(=O)Nc2nc3ccccc3s2)sc2nc3c(cc12)CCCCC3. The van der Waals surface area contributed by atoms with Crippen molar-refractivity contribution in [2.45, 2.75) is 32.1 Å². The lowest BCUT2D eigenvalue weighted by atomic mass is 10.1. The Hall–Kier alpha value is -2.51. The van der Waals surface area contributed by atoms with Gasteiger partial charge in [-0.25, -0.2) is 9.97 Å². The lowest BCUT2D eigenvalue weighted by molar-refractivity contribution is 0.103. The fourth-order valence-electron chi connectivity index (χ4n) is 3.58. The minimum Gasteiger partial charge on any atom is -0.397 e. The molecule has 1 amide bonds. The molecule has 5 rings (SSSR count). The van der Waals surface area contributed by atoms with E-state index in [9.17, 15) is 4.79 Å². The van der Waals surface area contributed by atoms with E-state index in [1.54, 1.807) is 0 Å². The number of anilines is 2. The Kier molecular flexibility index (Phi) is 4.06. The fraction of sp³-hybridized carbons (Fsp3) is 0.250. The normalized spacial score (nSPS) is 14.2. The molecular formula is C20H18N4OS2. The number of benzene rings is 1. The first-order valence-corrected chi connectivity index (χ1v) is 10.7. The minimum absolute atomic E-state index is 0.218. The number of carbonyl (C=O) groups excluding carboxylic acids is 1. The van der Waals surface area contributed by atoms with E-state index >= 15 is 0 Å². The number of thiophene rings is 1. The van der Waals surface area contributed by atoms with E-state index in [4.69, 9.17) is 10.7 Å². The van der Waals surface area contributed by atoms with Gasteiger partial charge >= 0.3 is 0 Å². The summed E-state index contributed by atoms with van der Waals surface area (Å²) in [7, 11) is 0. The van der Waals surface area contributed by atoms with Crippen LogP contribution < -0.4 is 11.1 Å². The number of nitrogens with one attached hydrogen (secondary N) is 1. The van der Waals surface area contributed by atoms with Gasteiger partial charge in [0.2, 0.25) is 0 Å². The van der Waals surface area contributed by atoms with Crippen LogP contribution >= 0.6 is 22.7 Å². The fourth-order valence-corrected chi connectivity index (χ4v) is 5.44. The minimum atomic E-state index is -0.218. The van der Waals surface area contributed by atoms with Crippen molar-refractivity contribution in [2.24, 2.45) is 0 Å². The number of nitrogens with two attached hydrogens (primary N) is 1. The van der Waals surface area contributed by atoms with Crippen molar-refractivity contribution >= 4 is 59.8 Å². The quantitative estimate of drug-likeness (QED) is 0.468. The number of aryl methyl sites for hydroxylation is 2. The van der Waals surface area contributed by atoms with Crippen LogP contribution in [0.1, 0.15) is 40.2 Å². The number of amides is 1. The van der Waals surface area contributed by atoms with Crippen LogP contribution in [0, 0.1) is 0 Å². The maximum atomic E-state index is 12.8. The van der Waals surface area contributed by atoms with Crippen LogP contribution in [-0.2, 0) is 12.8 Å². The van der Waals surface area contributed by atoms with Crippen molar-refractivity contribution in [1.29, 1.82) is 0 Å². The maximum Gasteiger partial charge on any atom is 0.269 e.